The second-order valence-corrected chi connectivity index (χ2v) is 6.55. The predicted octanol–water partition coefficient (Wildman–Crippen LogP) is 5.22. The monoisotopic (exact) mass is 339 g/mol. The third-order valence-electron chi connectivity index (χ3n) is 4.06. The molecule has 3 heteroatoms. The molecule has 2 nitrogen and oxygen atoms in total. The first-order valence-electron chi connectivity index (χ1n) is 7.90. The van der Waals surface area contributed by atoms with Gasteiger partial charge in [0.15, 0.2) is 0 Å². The molecule has 0 spiro atoms. The van der Waals surface area contributed by atoms with Crippen LogP contribution in [0, 0.1) is 0 Å². The van der Waals surface area contributed by atoms with Gasteiger partial charge in [-0.1, -0.05) is 25.8 Å². The van der Waals surface area contributed by atoms with E-state index in [9.17, 15) is 0 Å². The molecule has 1 aliphatic rings. The summed E-state index contributed by atoms with van der Waals surface area (Å²) < 4.78 is 7.27. The summed E-state index contributed by atoms with van der Waals surface area (Å²) in [6.45, 7) is 5.31. The molecule has 0 amide bonds. The van der Waals surface area contributed by atoms with Gasteiger partial charge < -0.3 is 10.1 Å². The molecule has 1 unspecified atom stereocenters. The molecule has 1 aromatic rings. The first-order chi connectivity index (χ1) is 9.70. The summed E-state index contributed by atoms with van der Waals surface area (Å²) in [6.07, 6.45) is 8.12. The zero-order valence-electron chi connectivity index (χ0n) is 12.6. The molecule has 112 valence electrons. The summed E-state index contributed by atoms with van der Waals surface area (Å²) >= 11 is 3.66. The smallest absolute Gasteiger partial charge is 0.133 e. The highest BCUT2D eigenvalue weighted by Gasteiger charge is 2.15. The van der Waals surface area contributed by atoms with Crippen molar-refractivity contribution in [2.24, 2.45) is 0 Å². The van der Waals surface area contributed by atoms with Crippen molar-refractivity contribution in [1.82, 2.24) is 5.32 Å². The molecule has 2 rings (SSSR count). The van der Waals surface area contributed by atoms with Gasteiger partial charge in [-0.2, -0.15) is 0 Å². The Balaban J connectivity index is 2.01. The number of nitrogens with one attached hydrogen (secondary N) is 1. The first kappa shape index (κ1) is 15.8. The summed E-state index contributed by atoms with van der Waals surface area (Å²) in [6, 6.07) is 6.84. The molecule has 0 radical (unpaired) electrons. The second-order valence-electron chi connectivity index (χ2n) is 5.70. The van der Waals surface area contributed by atoms with Crippen molar-refractivity contribution in [1.29, 1.82) is 0 Å². The number of ether oxygens (including phenoxy) is 1. The van der Waals surface area contributed by atoms with Crippen LogP contribution in [-0.4, -0.2) is 12.6 Å². The lowest BCUT2D eigenvalue weighted by Crippen LogP contribution is -2.18. The number of halogens is 1. The van der Waals surface area contributed by atoms with Gasteiger partial charge in [0.25, 0.3) is 0 Å². The zero-order chi connectivity index (χ0) is 14.4. The van der Waals surface area contributed by atoms with Gasteiger partial charge in [0.05, 0.1) is 10.6 Å². The minimum atomic E-state index is 0.378. The summed E-state index contributed by atoms with van der Waals surface area (Å²) in [5, 5.41) is 3.44. The molecule has 1 atom stereocenters. The molecule has 1 aromatic carbocycles. The standard InChI is InChI=1S/C17H26BrNO/c1-3-19-13(2)14-10-11-17(16(18)12-14)20-15-8-6-4-5-7-9-15/h10-13,15,19H,3-9H2,1-2H3. The van der Waals surface area contributed by atoms with E-state index in [2.05, 4.69) is 53.3 Å². The number of hydrogen-bond donors (Lipinski definition) is 1. The normalized spacial score (nSPS) is 18.6. The topological polar surface area (TPSA) is 21.3 Å². The van der Waals surface area contributed by atoms with E-state index >= 15 is 0 Å². The summed E-state index contributed by atoms with van der Waals surface area (Å²) in [5.41, 5.74) is 1.30. The lowest BCUT2D eigenvalue weighted by atomic mass is 10.1. The van der Waals surface area contributed by atoms with Crippen LogP contribution in [0.15, 0.2) is 22.7 Å². The maximum absolute atomic E-state index is 6.19. The van der Waals surface area contributed by atoms with Crippen molar-refractivity contribution < 1.29 is 4.74 Å². The largest absolute Gasteiger partial charge is 0.489 e. The highest BCUT2D eigenvalue weighted by molar-refractivity contribution is 9.10. The van der Waals surface area contributed by atoms with Gasteiger partial charge in [-0.25, -0.2) is 0 Å². The molecular formula is C17H26BrNO. The van der Waals surface area contributed by atoms with Gasteiger partial charge in [-0.05, 0) is 72.8 Å². The molecule has 20 heavy (non-hydrogen) atoms. The minimum Gasteiger partial charge on any atom is -0.489 e. The van der Waals surface area contributed by atoms with Crippen LogP contribution in [-0.2, 0) is 0 Å². The Hall–Kier alpha value is -0.540. The van der Waals surface area contributed by atoms with E-state index in [1.807, 2.05) is 0 Å². The van der Waals surface area contributed by atoms with E-state index in [1.54, 1.807) is 0 Å². The number of rotatable bonds is 5. The third-order valence-corrected chi connectivity index (χ3v) is 4.68. The minimum absolute atomic E-state index is 0.378. The van der Waals surface area contributed by atoms with Gasteiger partial charge in [0.2, 0.25) is 0 Å². The quantitative estimate of drug-likeness (QED) is 0.742. The second kappa shape index (κ2) is 8.04. The molecule has 0 aromatic heterocycles. The molecule has 0 saturated heterocycles. The average Bonchev–Trinajstić information content (AvgIpc) is 2.70. The average molecular weight is 340 g/mol. The Kier molecular flexibility index (Phi) is 6.37. The van der Waals surface area contributed by atoms with Gasteiger partial charge >= 0.3 is 0 Å². The fourth-order valence-corrected chi connectivity index (χ4v) is 3.34. The van der Waals surface area contributed by atoms with Crippen molar-refractivity contribution >= 4 is 15.9 Å². The maximum atomic E-state index is 6.19. The molecule has 0 heterocycles. The van der Waals surface area contributed by atoms with Crippen LogP contribution in [0.3, 0.4) is 0 Å². The van der Waals surface area contributed by atoms with Crippen LogP contribution in [0.2, 0.25) is 0 Å². The van der Waals surface area contributed by atoms with E-state index < -0.39 is 0 Å². The van der Waals surface area contributed by atoms with Crippen molar-refractivity contribution in [3.8, 4) is 5.75 Å². The lowest BCUT2D eigenvalue weighted by molar-refractivity contribution is 0.182. The van der Waals surface area contributed by atoms with Crippen molar-refractivity contribution in [3.63, 3.8) is 0 Å². The van der Waals surface area contributed by atoms with Crippen molar-refractivity contribution in [2.75, 3.05) is 6.54 Å². The fraction of sp³-hybridized carbons (Fsp3) is 0.647. The Bertz CT molecular complexity index is 413. The zero-order valence-corrected chi connectivity index (χ0v) is 14.2. The van der Waals surface area contributed by atoms with Crippen LogP contribution in [0.5, 0.6) is 5.75 Å². The number of benzene rings is 1. The molecule has 0 aliphatic heterocycles. The summed E-state index contributed by atoms with van der Waals surface area (Å²) in [5.74, 6) is 0.990. The lowest BCUT2D eigenvalue weighted by Gasteiger charge is -2.19. The highest BCUT2D eigenvalue weighted by atomic mass is 79.9. The van der Waals surface area contributed by atoms with E-state index in [-0.39, 0.29) is 0 Å². The van der Waals surface area contributed by atoms with Gasteiger partial charge in [0.1, 0.15) is 5.75 Å². The Morgan fingerprint density at radius 2 is 1.95 bits per heavy atom. The van der Waals surface area contributed by atoms with Crippen LogP contribution in [0.1, 0.15) is 64.0 Å². The Labute approximate surface area is 131 Å². The molecule has 1 fully saturated rings. The number of hydrogen-bond acceptors (Lipinski definition) is 2. The van der Waals surface area contributed by atoms with E-state index in [0.29, 0.717) is 12.1 Å². The SMILES string of the molecule is CCNC(C)c1ccc(OC2CCCCCC2)c(Br)c1. The van der Waals surface area contributed by atoms with Gasteiger partial charge in [0, 0.05) is 6.04 Å². The van der Waals surface area contributed by atoms with E-state index in [4.69, 9.17) is 4.74 Å². The maximum Gasteiger partial charge on any atom is 0.133 e. The van der Waals surface area contributed by atoms with Crippen LogP contribution in [0.4, 0.5) is 0 Å². The third kappa shape index (κ3) is 4.49. The molecule has 0 bridgehead atoms. The van der Waals surface area contributed by atoms with E-state index in [0.717, 1.165) is 16.8 Å². The fourth-order valence-electron chi connectivity index (χ4n) is 2.85. The van der Waals surface area contributed by atoms with E-state index in [1.165, 1.54) is 44.1 Å². The molecular weight excluding hydrogens is 314 g/mol. The van der Waals surface area contributed by atoms with Crippen LogP contribution >= 0.6 is 15.9 Å². The predicted molar refractivity (Wildman–Crippen MR) is 88.4 cm³/mol. The Morgan fingerprint density at radius 3 is 2.55 bits per heavy atom. The Morgan fingerprint density at radius 1 is 1.25 bits per heavy atom. The molecule has 1 N–H and O–H groups in total. The van der Waals surface area contributed by atoms with Crippen molar-refractivity contribution in [2.45, 2.75) is 64.5 Å². The summed E-state index contributed by atoms with van der Waals surface area (Å²) in [4.78, 5) is 0. The summed E-state index contributed by atoms with van der Waals surface area (Å²) in [7, 11) is 0. The first-order valence-corrected chi connectivity index (χ1v) is 8.69. The van der Waals surface area contributed by atoms with Gasteiger partial charge in [-0.3, -0.25) is 0 Å². The highest BCUT2D eigenvalue weighted by Crippen LogP contribution is 2.31. The molecule has 1 saturated carbocycles. The van der Waals surface area contributed by atoms with Crippen LogP contribution in [0.25, 0.3) is 0 Å². The van der Waals surface area contributed by atoms with Crippen LogP contribution < -0.4 is 10.1 Å². The molecule has 1 aliphatic carbocycles. The van der Waals surface area contributed by atoms with Crippen molar-refractivity contribution in [3.05, 3.63) is 28.2 Å². The van der Waals surface area contributed by atoms with Gasteiger partial charge in [-0.15, -0.1) is 0 Å².